The lowest BCUT2D eigenvalue weighted by Gasteiger charge is -2.30. The third kappa shape index (κ3) is 4.96. The molecule has 90 valence electrons. The first-order valence-electron chi connectivity index (χ1n) is 6.15. The van der Waals surface area contributed by atoms with Crippen LogP contribution in [-0.4, -0.2) is 49.0 Å². The Morgan fingerprint density at radius 2 is 2.20 bits per heavy atom. The molecule has 0 aliphatic carbocycles. The molecule has 0 saturated carbocycles. The second-order valence-electron chi connectivity index (χ2n) is 4.62. The molecule has 1 fully saturated rings. The first-order chi connectivity index (χ1) is 7.24. The van der Waals surface area contributed by atoms with E-state index in [0.29, 0.717) is 6.04 Å². The zero-order valence-electron chi connectivity index (χ0n) is 10.1. The zero-order chi connectivity index (χ0) is 11.1. The van der Waals surface area contributed by atoms with Crippen LogP contribution in [0.3, 0.4) is 0 Å². The van der Waals surface area contributed by atoms with Crippen LogP contribution in [-0.2, 0) is 4.74 Å². The summed E-state index contributed by atoms with van der Waals surface area (Å²) in [6.07, 6.45) is 5.89. The van der Waals surface area contributed by atoms with Crippen LogP contribution in [0.1, 0.15) is 39.0 Å². The number of aliphatic hydroxyl groups is 1. The Morgan fingerprint density at radius 3 is 2.87 bits per heavy atom. The van der Waals surface area contributed by atoms with Crippen molar-refractivity contribution in [1.82, 2.24) is 4.90 Å². The molecule has 1 aliphatic heterocycles. The van der Waals surface area contributed by atoms with E-state index in [9.17, 15) is 5.11 Å². The van der Waals surface area contributed by atoms with Gasteiger partial charge in [0.2, 0.25) is 0 Å². The quantitative estimate of drug-likeness (QED) is 0.757. The molecule has 0 aromatic carbocycles. The first kappa shape index (κ1) is 12.9. The topological polar surface area (TPSA) is 32.7 Å². The summed E-state index contributed by atoms with van der Waals surface area (Å²) in [4.78, 5) is 2.49. The van der Waals surface area contributed by atoms with Gasteiger partial charge in [0.05, 0.1) is 12.7 Å². The summed E-state index contributed by atoms with van der Waals surface area (Å²) in [6, 6.07) is 0.558. The van der Waals surface area contributed by atoms with Crippen LogP contribution in [0.4, 0.5) is 0 Å². The smallest absolute Gasteiger partial charge is 0.0589 e. The normalized spacial score (nSPS) is 26.2. The SMILES string of the molecule is COCCN1CCCCCC1CC(C)O. The molecular formula is C12H25NO2. The summed E-state index contributed by atoms with van der Waals surface area (Å²) in [7, 11) is 1.75. The van der Waals surface area contributed by atoms with E-state index in [4.69, 9.17) is 4.74 Å². The van der Waals surface area contributed by atoms with Crippen LogP contribution in [0, 0.1) is 0 Å². The van der Waals surface area contributed by atoms with Gasteiger partial charge in [0, 0.05) is 19.7 Å². The van der Waals surface area contributed by atoms with E-state index in [-0.39, 0.29) is 6.10 Å². The molecule has 2 atom stereocenters. The van der Waals surface area contributed by atoms with Gasteiger partial charge in [-0.05, 0) is 32.7 Å². The van der Waals surface area contributed by atoms with Crippen LogP contribution in [0.25, 0.3) is 0 Å². The number of likely N-dealkylation sites (tertiary alicyclic amines) is 1. The number of hydrogen-bond acceptors (Lipinski definition) is 3. The van der Waals surface area contributed by atoms with Crippen molar-refractivity contribution < 1.29 is 9.84 Å². The van der Waals surface area contributed by atoms with Gasteiger partial charge in [-0.2, -0.15) is 0 Å². The lowest BCUT2D eigenvalue weighted by Crippen LogP contribution is -2.39. The molecule has 3 nitrogen and oxygen atoms in total. The molecule has 0 bridgehead atoms. The molecule has 1 rings (SSSR count). The second-order valence-corrected chi connectivity index (χ2v) is 4.62. The molecule has 1 saturated heterocycles. The number of nitrogens with zero attached hydrogens (tertiary/aromatic N) is 1. The fraction of sp³-hybridized carbons (Fsp3) is 1.00. The minimum atomic E-state index is -0.182. The van der Waals surface area contributed by atoms with E-state index in [1.54, 1.807) is 7.11 Å². The van der Waals surface area contributed by atoms with Crippen molar-refractivity contribution >= 4 is 0 Å². The Bertz CT molecular complexity index is 162. The van der Waals surface area contributed by atoms with Crippen molar-refractivity contribution in [2.45, 2.75) is 51.2 Å². The van der Waals surface area contributed by atoms with Gasteiger partial charge in [-0.1, -0.05) is 12.8 Å². The molecule has 1 heterocycles. The number of hydrogen-bond donors (Lipinski definition) is 1. The third-order valence-electron chi connectivity index (χ3n) is 3.19. The largest absolute Gasteiger partial charge is 0.393 e. The van der Waals surface area contributed by atoms with Crippen molar-refractivity contribution in [3.05, 3.63) is 0 Å². The maximum Gasteiger partial charge on any atom is 0.0589 e. The molecule has 0 radical (unpaired) electrons. The van der Waals surface area contributed by atoms with Gasteiger partial charge < -0.3 is 9.84 Å². The Hall–Kier alpha value is -0.120. The Balaban J connectivity index is 2.43. The highest BCUT2D eigenvalue weighted by Gasteiger charge is 2.21. The lowest BCUT2D eigenvalue weighted by molar-refractivity contribution is 0.0861. The molecule has 15 heavy (non-hydrogen) atoms. The molecular weight excluding hydrogens is 190 g/mol. The van der Waals surface area contributed by atoms with E-state index >= 15 is 0 Å². The van der Waals surface area contributed by atoms with Gasteiger partial charge >= 0.3 is 0 Å². The molecule has 0 aromatic heterocycles. The summed E-state index contributed by atoms with van der Waals surface area (Å²) < 4.78 is 5.13. The summed E-state index contributed by atoms with van der Waals surface area (Å²) in [5.74, 6) is 0. The highest BCUT2D eigenvalue weighted by atomic mass is 16.5. The summed E-state index contributed by atoms with van der Waals surface area (Å²) in [6.45, 7) is 4.87. The summed E-state index contributed by atoms with van der Waals surface area (Å²) in [5.41, 5.74) is 0. The lowest BCUT2D eigenvalue weighted by atomic mass is 10.0. The Morgan fingerprint density at radius 1 is 1.40 bits per heavy atom. The fourth-order valence-electron chi connectivity index (χ4n) is 2.40. The molecule has 1 aliphatic rings. The van der Waals surface area contributed by atoms with Gasteiger partial charge in [-0.15, -0.1) is 0 Å². The second kappa shape index (κ2) is 7.20. The highest BCUT2D eigenvalue weighted by Crippen LogP contribution is 2.20. The zero-order valence-corrected chi connectivity index (χ0v) is 10.1. The molecule has 1 N–H and O–H groups in total. The summed E-state index contributed by atoms with van der Waals surface area (Å²) in [5, 5.41) is 9.48. The first-order valence-corrected chi connectivity index (χ1v) is 6.15. The Labute approximate surface area is 93.4 Å². The van der Waals surface area contributed by atoms with Crippen LogP contribution in [0.5, 0.6) is 0 Å². The molecule has 3 heteroatoms. The van der Waals surface area contributed by atoms with Gasteiger partial charge in [0.15, 0.2) is 0 Å². The fourth-order valence-corrected chi connectivity index (χ4v) is 2.40. The van der Waals surface area contributed by atoms with Crippen molar-refractivity contribution in [2.75, 3.05) is 26.8 Å². The number of ether oxygens (including phenoxy) is 1. The van der Waals surface area contributed by atoms with Gasteiger partial charge in [-0.25, -0.2) is 0 Å². The maximum atomic E-state index is 9.48. The van der Waals surface area contributed by atoms with Crippen LogP contribution in [0.15, 0.2) is 0 Å². The maximum absolute atomic E-state index is 9.48. The van der Waals surface area contributed by atoms with Crippen molar-refractivity contribution in [1.29, 1.82) is 0 Å². The molecule has 0 aromatic rings. The molecule has 2 unspecified atom stereocenters. The van der Waals surface area contributed by atoms with E-state index in [2.05, 4.69) is 4.90 Å². The van der Waals surface area contributed by atoms with Crippen molar-refractivity contribution in [3.63, 3.8) is 0 Å². The van der Waals surface area contributed by atoms with Crippen molar-refractivity contribution in [3.8, 4) is 0 Å². The number of aliphatic hydroxyl groups excluding tert-OH is 1. The van der Waals surface area contributed by atoms with Crippen LogP contribution >= 0.6 is 0 Å². The average Bonchev–Trinajstić information content (AvgIpc) is 2.40. The van der Waals surface area contributed by atoms with Gasteiger partial charge in [0.25, 0.3) is 0 Å². The minimum absolute atomic E-state index is 0.182. The average molecular weight is 215 g/mol. The van der Waals surface area contributed by atoms with Crippen molar-refractivity contribution in [2.24, 2.45) is 0 Å². The number of methoxy groups -OCH3 is 1. The predicted molar refractivity (Wildman–Crippen MR) is 62.0 cm³/mol. The highest BCUT2D eigenvalue weighted by molar-refractivity contribution is 4.76. The monoisotopic (exact) mass is 215 g/mol. The van der Waals surface area contributed by atoms with Gasteiger partial charge in [-0.3, -0.25) is 4.90 Å². The van der Waals surface area contributed by atoms with Gasteiger partial charge in [0.1, 0.15) is 0 Å². The van der Waals surface area contributed by atoms with E-state index in [0.717, 1.165) is 19.6 Å². The summed E-state index contributed by atoms with van der Waals surface area (Å²) >= 11 is 0. The molecule has 0 spiro atoms. The third-order valence-corrected chi connectivity index (χ3v) is 3.19. The predicted octanol–water partition coefficient (Wildman–Crippen LogP) is 1.65. The van der Waals surface area contributed by atoms with E-state index < -0.39 is 0 Å². The van der Waals surface area contributed by atoms with E-state index in [1.165, 1.54) is 32.2 Å². The standard InChI is InChI=1S/C12H25NO2/c1-11(14)10-12-6-4-3-5-7-13(12)8-9-15-2/h11-12,14H,3-10H2,1-2H3. The molecule has 0 amide bonds. The van der Waals surface area contributed by atoms with Crippen LogP contribution < -0.4 is 0 Å². The number of rotatable bonds is 5. The van der Waals surface area contributed by atoms with E-state index in [1.807, 2.05) is 6.92 Å². The van der Waals surface area contributed by atoms with Crippen LogP contribution in [0.2, 0.25) is 0 Å². The minimum Gasteiger partial charge on any atom is -0.393 e. The Kier molecular flexibility index (Phi) is 6.22.